The Morgan fingerprint density at radius 3 is 2.50 bits per heavy atom. The van der Waals surface area contributed by atoms with Crippen molar-refractivity contribution in [1.82, 2.24) is 9.97 Å². The molecule has 0 fully saturated rings. The van der Waals surface area contributed by atoms with E-state index in [4.69, 9.17) is 5.41 Å². The van der Waals surface area contributed by atoms with E-state index in [1.54, 1.807) is 12.4 Å². The van der Waals surface area contributed by atoms with E-state index < -0.39 is 0 Å². The number of anilines is 3. The Bertz CT molecular complexity index is 869. The molecule has 1 unspecified atom stereocenters. The Balaban J connectivity index is 0.000000660. The first-order valence-electron chi connectivity index (χ1n) is 9.91. The monoisotopic (exact) mass is 377 g/mol. The van der Waals surface area contributed by atoms with Crippen molar-refractivity contribution in [3.8, 4) is 0 Å². The topological polar surface area (TPSA) is 56.1 Å². The van der Waals surface area contributed by atoms with Gasteiger partial charge in [-0.15, -0.1) is 0 Å². The molecule has 0 spiro atoms. The van der Waals surface area contributed by atoms with E-state index in [1.165, 1.54) is 17.5 Å². The molecular formula is C23H31N5. The van der Waals surface area contributed by atoms with Crippen LogP contribution in [0.25, 0.3) is 0 Å². The summed E-state index contributed by atoms with van der Waals surface area (Å²) in [6.45, 7) is 16.7. The van der Waals surface area contributed by atoms with Crippen LogP contribution in [0.15, 0.2) is 61.2 Å². The maximum atomic E-state index is 7.23. The van der Waals surface area contributed by atoms with Crippen LogP contribution in [0.3, 0.4) is 0 Å². The first kappa shape index (κ1) is 21.4. The summed E-state index contributed by atoms with van der Waals surface area (Å²) in [5.41, 5.74) is 4.18. The largest absolute Gasteiger partial charge is 0.314 e. The van der Waals surface area contributed by atoms with Gasteiger partial charge in [-0.25, -0.2) is 9.97 Å². The summed E-state index contributed by atoms with van der Waals surface area (Å²) in [4.78, 5) is 13.2. The van der Waals surface area contributed by atoms with Gasteiger partial charge in [0.1, 0.15) is 18.2 Å². The smallest absolute Gasteiger partial charge is 0.162 e. The summed E-state index contributed by atoms with van der Waals surface area (Å²) in [5, 5.41) is 7.23. The molecule has 0 amide bonds. The quantitative estimate of drug-likeness (QED) is 0.540. The molecule has 1 aromatic heterocycles. The fraction of sp³-hybridized carbons (Fsp3) is 0.348. The number of para-hydroxylation sites is 1. The molecule has 0 saturated heterocycles. The van der Waals surface area contributed by atoms with Crippen LogP contribution in [0.5, 0.6) is 0 Å². The predicted molar refractivity (Wildman–Crippen MR) is 120 cm³/mol. The van der Waals surface area contributed by atoms with Crippen LogP contribution in [0.1, 0.15) is 47.1 Å². The van der Waals surface area contributed by atoms with Crippen molar-refractivity contribution in [2.75, 3.05) is 9.80 Å². The van der Waals surface area contributed by atoms with Crippen LogP contribution in [0.2, 0.25) is 0 Å². The highest BCUT2D eigenvalue weighted by molar-refractivity contribution is 5.88. The second-order valence-corrected chi connectivity index (χ2v) is 6.60. The van der Waals surface area contributed by atoms with Gasteiger partial charge in [0.25, 0.3) is 0 Å². The fourth-order valence-electron chi connectivity index (χ4n) is 3.84. The van der Waals surface area contributed by atoms with E-state index >= 15 is 0 Å². The molecule has 1 N–H and O–H groups in total. The molecule has 0 saturated carbocycles. The summed E-state index contributed by atoms with van der Waals surface area (Å²) in [6.07, 6.45) is 8.27. The number of hydrogen-bond acceptors (Lipinski definition) is 5. The molecule has 2 aromatic rings. The molecule has 1 aromatic carbocycles. The zero-order valence-electron chi connectivity index (χ0n) is 17.8. The third-order valence-electron chi connectivity index (χ3n) is 4.85. The van der Waals surface area contributed by atoms with Gasteiger partial charge in [-0.1, -0.05) is 66.3 Å². The Morgan fingerprint density at radius 2 is 1.82 bits per heavy atom. The zero-order chi connectivity index (χ0) is 20.9. The standard InChI is InChI=1S/C19H19N5.2C2H6/c1-13(7-6-10-20)23-17-16(11-21-12-22-17)24-15-9-5-4-8-14(15)19(2,3)18(23)24;2*1-2/h4-12,18,20H,1H2,2-3H3;2*1-2H3/b7-6-,20-10?;;. The maximum Gasteiger partial charge on any atom is 0.162 e. The minimum Gasteiger partial charge on any atom is -0.314 e. The van der Waals surface area contributed by atoms with Crippen molar-refractivity contribution in [1.29, 1.82) is 5.41 Å². The number of hydrogen-bond donors (Lipinski definition) is 1. The lowest BCUT2D eigenvalue weighted by Crippen LogP contribution is -2.47. The van der Waals surface area contributed by atoms with Gasteiger partial charge in [0.15, 0.2) is 5.82 Å². The van der Waals surface area contributed by atoms with E-state index in [-0.39, 0.29) is 11.6 Å². The molecule has 1 atom stereocenters. The van der Waals surface area contributed by atoms with Crippen LogP contribution >= 0.6 is 0 Å². The molecule has 28 heavy (non-hydrogen) atoms. The average molecular weight is 378 g/mol. The van der Waals surface area contributed by atoms with Crippen molar-refractivity contribution in [2.45, 2.75) is 53.1 Å². The van der Waals surface area contributed by atoms with Gasteiger partial charge < -0.3 is 15.2 Å². The highest BCUT2D eigenvalue weighted by Gasteiger charge is 2.54. The van der Waals surface area contributed by atoms with E-state index in [9.17, 15) is 0 Å². The molecule has 5 heteroatoms. The first-order valence-corrected chi connectivity index (χ1v) is 9.91. The highest BCUT2D eigenvalue weighted by atomic mass is 15.5. The van der Waals surface area contributed by atoms with Crippen LogP contribution in [-0.4, -0.2) is 22.3 Å². The maximum absolute atomic E-state index is 7.23. The summed E-state index contributed by atoms with van der Waals surface area (Å²) in [6, 6.07) is 8.48. The van der Waals surface area contributed by atoms with Crippen molar-refractivity contribution >= 4 is 23.4 Å². The van der Waals surface area contributed by atoms with Crippen LogP contribution in [0, 0.1) is 5.41 Å². The van der Waals surface area contributed by atoms with Crippen molar-refractivity contribution < 1.29 is 0 Å². The molecule has 2 aliphatic rings. The fourth-order valence-corrected chi connectivity index (χ4v) is 3.84. The molecule has 0 aliphatic carbocycles. The van der Waals surface area contributed by atoms with Crippen molar-refractivity contribution in [3.63, 3.8) is 0 Å². The van der Waals surface area contributed by atoms with E-state index in [1.807, 2.05) is 40.0 Å². The Hall–Kier alpha value is -2.95. The molecule has 2 aliphatic heterocycles. The number of nitrogens with zero attached hydrogens (tertiary/aromatic N) is 4. The lowest BCUT2D eigenvalue weighted by Gasteiger charge is -2.36. The van der Waals surface area contributed by atoms with E-state index in [0.717, 1.165) is 17.2 Å². The summed E-state index contributed by atoms with van der Waals surface area (Å²) in [7, 11) is 0. The van der Waals surface area contributed by atoms with Gasteiger partial charge in [-0.05, 0) is 23.8 Å². The Labute approximate surface area is 168 Å². The number of allylic oxidation sites excluding steroid dienone is 2. The van der Waals surface area contributed by atoms with E-state index in [2.05, 4.69) is 64.5 Å². The molecule has 4 rings (SSSR count). The number of benzene rings is 1. The molecule has 5 nitrogen and oxygen atoms in total. The molecule has 0 bridgehead atoms. The van der Waals surface area contributed by atoms with Gasteiger partial charge in [-0.2, -0.15) is 0 Å². The third kappa shape index (κ3) is 3.21. The van der Waals surface area contributed by atoms with Gasteiger partial charge in [0.05, 0.1) is 6.20 Å². The number of nitrogens with one attached hydrogen (secondary N) is 1. The average Bonchev–Trinajstić information content (AvgIpc) is 3.21. The van der Waals surface area contributed by atoms with Crippen molar-refractivity contribution in [2.24, 2.45) is 0 Å². The minimum absolute atomic E-state index is 0.0458. The van der Waals surface area contributed by atoms with Crippen LogP contribution in [-0.2, 0) is 5.41 Å². The third-order valence-corrected chi connectivity index (χ3v) is 4.85. The zero-order valence-corrected chi connectivity index (χ0v) is 17.8. The number of aromatic nitrogens is 2. The van der Waals surface area contributed by atoms with Gasteiger partial charge in [-0.3, -0.25) is 0 Å². The highest BCUT2D eigenvalue weighted by Crippen LogP contribution is 2.56. The van der Waals surface area contributed by atoms with Crippen LogP contribution in [0.4, 0.5) is 17.2 Å². The SMILES string of the molecule is C=C(/C=C\C=N)N1c2ncncc2N2c3ccccc3C(C)(C)C12.CC.CC. The Morgan fingerprint density at radius 1 is 1.14 bits per heavy atom. The van der Waals surface area contributed by atoms with Gasteiger partial charge in [0, 0.05) is 23.0 Å². The van der Waals surface area contributed by atoms with Gasteiger partial charge in [0.2, 0.25) is 0 Å². The normalized spacial score (nSPS) is 17.6. The number of fused-ring (bicyclic) bond motifs is 5. The van der Waals surface area contributed by atoms with E-state index in [0.29, 0.717) is 0 Å². The summed E-state index contributed by atoms with van der Waals surface area (Å²) in [5.74, 6) is 0.859. The molecule has 148 valence electrons. The van der Waals surface area contributed by atoms with Crippen molar-refractivity contribution in [3.05, 3.63) is 66.8 Å². The first-order chi connectivity index (χ1) is 13.6. The van der Waals surface area contributed by atoms with Gasteiger partial charge >= 0.3 is 0 Å². The lowest BCUT2D eigenvalue weighted by molar-refractivity contribution is 0.444. The predicted octanol–water partition coefficient (Wildman–Crippen LogP) is 5.82. The number of rotatable bonds is 3. The lowest BCUT2D eigenvalue weighted by atomic mass is 9.83. The van der Waals surface area contributed by atoms with Crippen LogP contribution < -0.4 is 9.80 Å². The molecular weight excluding hydrogens is 346 g/mol. The second kappa shape index (κ2) is 8.83. The Kier molecular flexibility index (Phi) is 6.73. The molecule has 3 heterocycles. The minimum atomic E-state index is -0.112. The summed E-state index contributed by atoms with van der Waals surface area (Å²) >= 11 is 0. The second-order valence-electron chi connectivity index (χ2n) is 6.60. The molecule has 0 radical (unpaired) electrons. The summed E-state index contributed by atoms with van der Waals surface area (Å²) < 4.78 is 0.